The van der Waals surface area contributed by atoms with Crippen LogP contribution in [0.15, 0.2) is 49.0 Å². The molecule has 0 N–H and O–H groups in total. The molecule has 21 heavy (non-hydrogen) atoms. The summed E-state index contributed by atoms with van der Waals surface area (Å²) in [5.74, 6) is 2.32. The van der Waals surface area contributed by atoms with Gasteiger partial charge in [-0.2, -0.15) is 0 Å². The van der Waals surface area contributed by atoms with Crippen LogP contribution >= 0.6 is 0 Å². The summed E-state index contributed by atoms with van der Waals surface area (Å²) in [5.41, 5.74) is 1.74. The van der Waals surface area contributed by atoms with E-state index >= 15 is 0 Å². The lowest BCUT2D eigenvalue weighted by molar-refractivity contribution is 0.00578. The van der Waals surface area contributed by atoms with Crippen LogP contribution in [0.3, 0.4) is 0 Å². The summed E-state index contributed by atoms with van der Waals surface area (Å²) in [7, 11) is -0.326. The molecule has 2 nitrogen and oxygen atoms in total. The van der Waals surface area contributed by atoms with E-state index in [1.54, 1.807) is 0 Å². The van der Waals surface area contributed by atoms with Crippen LogP contribution in [-0.2, 0) is 9.31 Å². The van der Waals surface area contributed by atoms with E-state index in [0.717, 1.165) is 0 Å². The van der Waals surface area contributed by atoms with Gasteiger partial charge in [0.15, 0.2) is 0 Å². The van der Waals surface area contributed by atoms with Crippen molar-refractivity contribution in [2.45, 2.75) is 45.8 Å². The SMILES string of the molecule is C=C[C@H](C)/C(=C\B1OC(C)(C)C(C)(C)O1)c1ccccc1. The maximum atomic E-state index is 6.08. The molecule has 2 rings (SSSR count). The van der Waals surface area contributed by atoms with Crippen molar-refractivity contribution >= 4 is 12.7 Å². The Hall–Kier alpha value is -1.32. The van der Waals surface area contributed by atoms with E-state index in [1.807, 2.05) is 24.3 Å². The van der Waals surface area contributed by atoms with Gasteiger partial charge in [-0.3, -0.25) is 0 Å². The molecule has 1 saturated heterocycles. The Morgan fingerprint density at radius 2 is 1.62 bits per heavy atom. The zero-order valence-corrected chi connectivity index (χ0v) is 13.7. The average molecular weight is 284 g/mol. The second-order valence-corrected chi connectivity index (χ2v) is 6.64. The normalized spacial score (nSPS) is 22.1. The molecule has 1 aliphatic rings. The van der Waals surface area contributed by atoms with Gasteiger partial charge in [0.1, 0.15) is 0 Å². The van der Waals surface area contributed by atoms with Gasteiger partial charge in [0.2, 0.25) is 0 Å². The Bertz CT molecular complexity index is 515. The highest BCUT2D eigenvalue weighted by Gasteiger charge is 2.50. The molecule has 1 fully saturated rings. The molecule has 0 amide bonds. The maximum Gasteiger partial charge on any atom is 0.487 e. The topological polar surface area (TPSA) is 18.5 Å². The average Bonchev–Trinajstić information content (AvgIpc) is 2.64. The minimum Gasteiger partial charge on any atom is -0.400 e. The minimum atomic E-state index is -0.326. The first kappa shape index (κ1) is 16.1. The lowest BCUT2D eigenvalue weighted by Crippen LogP contribution is -2.41. The highest BCUT2D eigenvalue weighted by atomic mass is 16.7. The Balaban J connectivity index is 2.33. The summed E-state index contributed by atoms with van der Waals surface area (Å²) in [6, 6.07) is 10.3. The molecule has 0 spiro atoms. The first-order valence-electron chi connectivity index (χ1n) is 7.52. The largest absolute Gasteiger partial charge is 0.487 e. The molecular weight excluding hydrogens is 259 g/mol. The zero-order chi connectivity index (χ0) is 15.7. The number of hydrogen-bond acceptors (Lipinski definition) is 2. The number of benzene rings is 1. The van der Waals surface area contributed by atoms with Crippen LogP contribution in [0.2, 0.25) is 0 Å². The first-order chi connectivity index (χ1) is 9.77. The molecule has 1 atom stereocenters. The van der Waals surface area contributed by atoms with Gasteiger partial charge in [-0.15, -0.1) is 6.58 Å². The van der Waals surface area contributed by atoms with Crippen LogP contribution in [0.4, 0.5) is 0 Å². The van der Waals surface area contributed by atoms with E-state index in [2.05, 4.69) is 59.3 Å². The van der Waals surface area contributed by atoms with E-state index in [-0.39, 0.29) is 24.2 Å². The summed E-state index contributed by atoms with van der Waals surface area (Å²) in [6.45, 7) is 14.3. The van der Waals surface area contributed by atoms with Gasteiger partial charge in [-0.05, 0) is 50.7 Å². The zero-order valence-electron chi connectivity index (χ0n) is 13.7. The number of allylic oxidation sites excluding steroid dienone is 2. The second-order valence-electron chi connectivity index (χ2n) is 6.64. The van der Waals surface area contributed by atoms with Crippen LogP contribution in [0.25, 0.3) is 5.57 Å². The van der Waals surface area contributed by atoms with Crippen molar-refractivity contribution in [3.63, 3.8) is 0 Å². The first-order valence-corrected chi connectivity index (χ1v) is 7.52. The van der Waals surface area contributed by atoms with Crippen molar-refractivity contribution in [2.75, 3.05) is 0 Å². The van der Waals surface area contributed by atoms with Crippen molar-refractivity contribution in [1.29, 1.82) is 0 Å². The van der Waals surface area contributed by atoms with Gasteiger partial charge < -0.3 is 9.31 Å². The predicted molar refractivity (Wildman–Crippen MR) is 89.9 cm³/mol. The maximum absolute atomic E-state index is 6.08. The third-order valence-corrected chi connectivity index (χ3v) is 4.54. The third-order valence-electron chi connectivity index (χ3n) is 4.54. The Labute approximate surface area is 129 Å². The summed E-state index contributed by atoms with van der Waals surface area (Å²) in [6.07, 6.45) is 1.95. The molecule has 0 bridgehead atoms. The van der Waals surface area contributed by atoms with Crippen LogP contribution in [0, 0.1) is 5.92 Å². The van der Waals surface area contributed by atoms with E-state index in [4.69, 9.17) is 9.31 Å². The van der Waals surface area contributed by atoms with Gasteiger partial charge in [0.05, 0.1) is 11.2 Å². The molecule has 3 heteroatoms. The van der Waals surface area contributed by atoms with Gasteiger partial charge in [-0.1, -0.05) is 43.3 Å². The highest BCUT2D eigenvalue weighted by molar-refractivity contribution is 6.53. The predicted octanol–water partition coefficient (Wildman–Crippen LogP) is 4.52. The van der Waals surface area contributed by atoms with Gasteiger partial charge in [0, 0.05) is 0 Å². The van der Waals surface area contributed by atoms with Crippen molar-refractivity contribution < 1.29 is 9.31 Å². The fourth-order valence-corrected chi connectivity index (χ4v) is 2.37. The third kappa shape index (κ3) is 3.30. The fraction of sp³-hybridized carbons (Fsp3) is 0.444. The molecule has 0 saturated carbocycles. The monoisotopic (exact) mass is 284 g/mol. The smallest absolute Gasteiger partial charge is 0.400 e. The molecule has 1 aromatic carbocycles. The van der Waals surface area contributed by atoms with E-state index in [9.17, 15) is 0 Å². The molecule has 0 aromatic heterocycles. The van der Waals surface area contributed by atoms with E-state index in [0.29, 0.717) is 0 Å². The lowest BCUT2D eigenvalue weighted by Gasteiger charge is -2.32. The molecular formula is C18H25BO2. The second kappa shape index (κ2) is 5.82. The van der Waals surface area contributed by atoms with Crippen LogP contribution in [0.5, 0.6) is 0 Å². The fourth-order valence-electron chi connectivity index (χ4n) is 2.37. The number of rotatable bonds is 4. The standard InChI is InChI=1S/C18H25BO2/c1-7-14(2)16(15-11-9-8-10-12-15)13-19-20-17(3,4)18(5,6)21-19/h7-14H,1H2,2-6H3/b16-13+/t14-/m0/s1. The number of hydrogen-bond donors (Lipinski definition) is 0. The van der Waals surface area contributed by atoms with Crippen LogP contribution in [0.1, 0.15) is 40.2 Å². The summed E-state index contributed by atoms with van der Waals surface area (Å²) in [5, 5.41) is 0. The van der Waals surface area contributed by atoms with E-state index in [1.165, 1.54) is 11.1 Å². The van der Waals surface area contributed by atoms with Gasteiger partial charge in [0.25, 0.3) is 0 Å². The lowest BCUT2D eigenvalue weighted by atomic mass is 9.81. The molecule has 0 unspecified atom stereocenters. The molecule has 1 aliphatic heterocycles. The highest BCUT2D eigenvalue weighted by Crippen LogP contribution is 2.38. The van der Waals surface area contributed by atoms with Crippen molar-refractivity contribution in [1.82, 2.24) is 0 Å². The molecule has 0 aliphatic carbocycles. The van der Waals surface area contributed by atoms with Gasteiger partial charge in [-0.25, -0.2) is 0 Å². The van der Waals surface area contributed by atoms with Gasteiger partial charge >= 0.3 is 7.12 Å². The Morgan fingerprint density at radius 1 is 1.10 bits per heavy atom. The minimum absolute atomic E-state index is 0.242. The summed E-state index contributed by atoms with van der Waals surface area (Å²) >= 11 is 0. The Morgan fingerprint density at radius 3 is 2.10 bits per heavy atom. The van der Waals surface area contributed by atoms with Crippen molar-refractivity contribution in [3.05, 3.63) is 54.5 Å². The molecule has 1 heterocycles. The molecule has 0 radical (unpaired) electrons. The quantitative estimate of drug-likeness (QED) is 0.597. The molecule has 1 aromatic rings. The van der Waals surface area contributed by atoms with E-state index < -0.39 is 0 Å². The van der Waals surface area contributed by atoms with Crippen molar-refractivity contribution in [3.8, 4) is 0 Å². The van der Waals surface area contributed by atoms with Crippen molar-refractivity contribution in [2.24, 2.45) is 5.92 Å². The summed E-state index contributed by atoms with van der Waals surface area (Å²) < 4.78 is 12.2. The summed E-state index contributed by atoms with van der Waals surface area (Å²) in [4.78, 5) is 0. The van der Waals surface area contributed by atoms with Crippen LogP contribution in [-0.4, -0.2) is 18.3 Å². The molecule has 112 valence electrons. The Kier molecular flexibility index (Phi) is 4.45. The van der Waals surface area contributed by atoms with Crippen LogP contribution < -0.4 is 0 Å².